The zero-order chi connectivity index (χ0) is 48.4. The lowest BCUT2D eigenvalue weighted by Crippen LogP contribution is -2.56. The molecule has 0 aromatic heterocycles. The topological polar surface area (TPSA) is 225 Å². The maximum atomic E-state index is 14.2. The number of hydrogen-bond acceptors (Lipinski definition) is 11. The van der Waals surface area contributed by atoms with Crippen LogP contribution in [-0.4, -0.2) is 146 Å². The van der Waals surface area contributed by atoms with Crippen molar-refractivity contribution in [1.82, 2.24) is 30.7 Å². The number of nitrogens with zero attached hydrogens (tertiary/aromatic N) is 3. The maximum absolute atomic E-state index is 14.2. The monoisotopic (exact) mass is 910 g/mol. The lowest BCUT2D eigenvalue weighted by molar-refractivity contribution is -0.146. The van der Waals surface area contributed by atoms with Crippen LogP contribution in [0.4, 0.5) is 10.5 Å². The second-order valence-electron chi connectivity index (χ2n) is 17.1. The molecule has 18 nitrogen and oxygen atoms in total. The van der Waals surface area contributed by atoms with Crippen molar-refractivity contribution in [3.63, 3.8) is 0 Å². The van der Waals surface area contributed by atoms with Crippen LogP contribution in [0.1, 0.15) is 84.5 Å². The number of rotatable bonds is 25. The van der Waals surface area contributed by atoms with Gasteiger partial charge in [0.15, 0.2) is 0 Å². The molecular formula is C47H71N7O11. The van der Waals surface area contributed by atoms with E-state index >= 15 is 0 Å². The Morgan fingerprint density at radius 3 is 2.14 bits per heavy atom. The number of carbonyl (C=O) groups excluding carboxylic acids is 7. The number of carbonyl (C=O) groups is 7. The number of methoxy groups -OCH3 is 2. The van der Waals surface area contributed by atoms with Gasteiger partial charge in [-0.05, 0) is 54.9 Å². The molecule has 65 heavy (non-hydrogen) atoms. The average molecular weight is 910 g/mol. The van der Waals surface area contributed by atoms with Crippen molar-refractivity contribution in [2.24, 2.45) is 17.8 Å². The van der Waals surface area contributed by atoms with Crippen LogP contribution in [0, 0.1) is 17.8 Å². The van der Waals surface area contributed by atoms with Gasteiger partial charge < -0.3 is 50.4 Å². The van der Waals surface area contributed by atoms with Gasteiger partial charge in [0.1, 0.15) is 12.6 Å². The smallest absolute Gasteiger partial charge is 0.410 e. The van der Waals surface area contributed by atoms with Gasteiger partial charge in [-0.25, -0.2) is 4.79 Å². The number of likely N-dealkylation sites (N-methyl/N-ethyl adjacent to an activating group) is 2. The number of hydrogen-bond donors (Lipinski definition) is 5. The fourth-order valence-electron chi connectivity index (χ4n) is 8.40. The molecule has 0 saturated carbocycles. The summed E-state index contributed by atoms with van der Waals surface area (Å²) in [7, 11) is 6.08. The zero-order valence-electron chi connectivity index (χ0n) is 39.6. The van der Waals surface area contributed by atoms with E-state index in [1.807, 2.05) is 32.0 Å². The third-order valence-electron chi connectivity index (χ3n) is 12.3. The standard InChI is InChI=1S/C47H71N7O11/c1-11-30(4)42(37(63-9)24-39(57)54-23-15-18-36(54)44(64-10)31(5)45(60)50-32(6)43(59)34-16-13-12-14-17-34)52(7)40(58)26-49-46(61)41(29(2)3)53(8)47(62)65-27-33-19-21-35(22-20-33)51-38(56)25-48-28-55/h12-14,16-17,19-22,28-32,36-37,41-44,59H,11,15,18,23-27H2,1-10H3,(H,48,55)(H,49,61)(H,50,60)(H,51,56)/t30-,31+,32+,36-,37+,41?,42-,43+,44+/m0/s1. The molecule has 5 N–H and O–H groups in total. The van der Waals surface area contributed by atoms with Crippen LogP contribution < -0.4 is 21.3 Å². The second kappa shape index (κ2) is 26.4. The first kappa shape index (κ1) is 53.7. The van der Waals surface area contributed by atoms with Crippen molar-refractivity contribution in [1.29, 1.82) is 0 Å². The van der Waals surface area contributed by atoms with Crippen LogP contribution in [0.15, 0.2) is 54.6 Å². The van der Waals surface area contributed by atoms with Crippen molar-refractivity contribution in [3.05, 3.63) is 65.7 Å². The number of anilines is 1. The summed E-state index contributed by atoms with van der Waals surface area (Å²) >= 11 is 0. The van der Waals surface area contributed by atoms with Crippen molar-refractivity contribution in [3.8, 4) is 0 Å². The molecule has 0 bridgehead atoms. The van der Waals surface area contributed by atoms with E-state index in [9.17, 15) is 38.7 Å². The van der Waals surface area contributed by atoms with Crippen molar-refractivity contribution in [2.75, 3.05) is 53.3 Å². The highest BCUT2D eigenvalue weighted by molar-refractivity contribution is 5.93. The van der Waals surface area contributed by atoms with Gasteiger partial charge in [-0.3, -0.25) is 33.7 Å². The molecule has 1 aliphatic rings. The summed E-state index contributed by atoms with van der Waals surface area (Å²) in [5.74, 6) is -3.00. The molecule has 0 radical (unpaired) electrons. The van der Waals surface area contributed by atoms with Crippen LogP contribution in [0.25, 0.3) is 0 Å². The second-order valence-corrected chi connectivity index (χ2v) is 17.1. The Kier molecular flexibility index (Phi) is 21.8. The number of benzene rings is 2. The van der Waals surface area contributed by atoms with Gasteiger partial charge >= 0.3 is 6.09 Å². The fraction of sp³-hybridized carbons (Fsp3) is 0.596. The Morgan fingerprint density at radius 2 is 1.55 bits per heavy atom. The third-order valence-corrected chi connectivity index (χ3v) is 12.3. The Balaban J connectivity index is 1.63. The first-order valence-corrected chi connectivity index (χ1v) is 22.3. The normalized spacial score (nSPS) is 17.3. The van der Waals surface area contributed by atoms with E-state index in [4.69, 9.17) is 14.2 Å². The summed E-state index contributed by atoms with van der Waals surface area (Å²) in [6.07, 6.45) is -0.637. The molecule has 18 heteroatoms. The molecule has 360 valence electrons. The molecule has 0 aliphatic carbocycles. The minimum Gasteiger partial charge on any atom is -0.445 e. The van der Waals surface area contributed by atoms with Crippen LogP contribution in [0.2, 0.25) is 0 Å². The highest BCUT2D eigenvalue weighted by atomic mass is 16.6. The predicted octanol–water partition coefficient (Wildman–Crippen LogP) is 3.24. The summed E-state index contributed by atoms with van der Waals surface area (Å²) < 4.78 is 17.3. The van der Waals surface area contributed by atoms with E-state index in [0.29, 0.717) is 49.0 Å². The molecule has 2 aromatic carbocycles. The SMILES string of the molecule is CC[C@H](C)[C@@H]([C@@H](CC(=O)N1CCC[C@H]1[C@H](OC)[C@@H](C)C(=O)N[C@H](C)[C@@H](O)c1ccccc1)OC)N(C)C(=O)CNC(=O)C(C(C)C)N(C)C(=O)OCc1ccc(NC(=O)CNC=O)cc1. The lowest BCUT2D eigenvalue weighted by atomic mass is 9.90. The van der Waals surface area contributed by atoms with E-state index in [1.165, 1.54) is 31.1 Å². The average Bonchev–Trinajstić information content (AvgIpc) is 3.79. The van der Waals surface area contributed by atoms with Gasteiger partial charge in [0.05, 0.1) is 61.9 Å². The minimum atomic E-state index is -0.977. The first-order valence-electron chi connectivity index (χ1n) is 22.3. The maximum Gasteiger partial charge on any atom is 0.410 e. The van der Waals surface area contributed by atoms with Crippen molar-refractivity contribution in [2.45, 2.75) is 116 Å². The highest BCUT2D eigenvalue weighted by Crippen LogP contribution is 2.30. The number of aliphatic hydroxyl groups is 1. The van der Waals surface area contributed by atoms with Crippen LogP contribution in [0.5, 0.6) is 0 Å². The Morgan fingerprint density at radius 1 is 0.892 bits per heavy atom. The fourth-order valence-corrected chi connectivity index (χ4v) is 8.40. The van der Waals surface area contributed by atoms with E-state index in [0.717, 1.165) is 0 Å². The largest absolute Gasteiger partial charge is 0.445 e. The Bertz CT molecular complexity index is 1870. The van der Waals surface area contributed by atoms with Crippen LogP contribution in [-0.2, 0) is 49.6 Å². The van der Waals surface area contributed by atoms with Gasteiger partial charge in [0, 0.05) is 40.5 Å². The number of nitrogens with one attached hydrogen (secondary N) is 4. The lowest BCUT2D eigenvalue weighted by Gasteiger charge is -2.39. The molecule has 9 atom stereocenters. The van der Waals surface area contributed by atoms with Gasteiger partial charge in [0.25, 0.3) is 0 Å². The summed E-state index contributed by atoms with van der Waals surface area (Å²) in [6.45, 7) is 10.8. The minimum absolute atomic E-state index is 0.0491. The highest BCUT2D eigenvalue weighted by Gasteiger charge is 2.42. The molecule has 2 aromatic rings. The molecule has 1 fully saturated rings. The molecular weight excluding hydrogens is 839 g/mol. The summed E-state index contributed by atoms with van der Waals surface area (Å²) in [6, 6.07) is 13.2. The van der Waals surface area contributed by atoms with E-state index in [2.05, 4.69) is 21.3 Å². The third kappa shape index (κ3) is 15.2. The predicted molar refractivity (Wildman–Crippen MR) is 244 cm³/mol. The molecule has 1 saturated heterocycles. The van der Waals surface area contributed by atoms with Crippen molar-refractivity contribution >= 4 is 47.7 Å². The summed E-state index contributed by atoms with van der Waals surface area (Å²) in [4.78, 5) is 94.9. The van der Waals surface area contributed by atoms with E-state index in [-0.39, 0.29) is 49.8 Å². The molecule has 3 rings (SSSR count). The first-order chi connectivity index (χ1) is 30.9. The van der Waals surface area contributed by atoms with E-state index < -0.39 is 72.2 Å². The molecule has 1 unspecified atom stereocenters. The number of likely N-dealkylation sites (tertiary alicyclic amines) is 1. The van der Waals surface area contributed by atoms with Crippen molar-refractivity contribution < 1.29 is 52.9 Å². The Labute approximate surface area is 383 Å². The number of aliphatic hydroxyl groups excluding tert-OH is 1. The van der Waals surface area contributed by atoms with Gasteiger partial charge in [-0.15, -0.1) is 0 Å². The molecule has 1 heterocycles. The van der Waals surface area contributed by atoms with Gasteiger partial charge in [-0.1, -0.05) is 83.5 Å². The van der Waals surface area contributed by atoms with Gasteiger partial charge in [0.2, 0.25) is 35.9 Å². The number of amides is 7. The molecule has 0 spiro atoms. The van der Waals surface area contributed by atoms with Crippen LogP contribution in [0.3, 0.4) is 0 Å². The van der Waals surface area contributed by atoms with Crippen LogP contribution >= 0.6 is 0 Å². The quantitative estimate of drug-likeness (QED) is 0.0910. The summed E-state index contributed by atoms with van der Waals surface area (Å²) in [5, 5.41) is 21.4. The zero-order valence-corrected chi connectivity index (χ0v) is 39.6. The van der Waals surface area contributed by atoms with E-state index in [1.54, 1.807) is 76.0 Å². The molecule has 1 aliphatic heterocycles. The summed E-state index contributed by atoms with van der Waals surface area (Å²) in [5.41, 5.74) is 1.80. The Hall–Kier alpha value is -5.59. The molecule has 7 amide bonds. The number of ether oxygens (including phenoxy) is 3. The van der Waals surface area contributed by atoms with Gasteiger partial charge in [-0.2, -0.15) is 0 Å².